The van der Waals surface area contributed by atoms with Crippen LogP contribution in [0.4, 0.5) is 0 Å². The molecule has 8 N–H and O–H groups in total. The van der Waals surface area contributed by atoms with Crippen LogP contribution in [0, 0.1) is 0 Å². The average molecular weight is 396 g/mol. The van der Waals surface area contributed by atoms with Crippen molar-refractivity contribution in [3.05, 3.63) is 50.6 Å². The van der Waals surface area contributed by atoms with Crippen molar-refractivity contribution in [1.29, 1.82) is 0 Å². The Kier molecular flexibility index (Phi) is 29.3. The van der Waals surface area contributed by atoms with E-state index in [1.807, 2.05) is 0 Å². The minimum absolute atomic E-state index is 0.833. The Hall–Kier alpha value is -3.32. The molecule has 0 aromatic heterocycles. The third-order valence-electron chi connectivity index (χ3n) is 1.19. The number of aliphatic hydroxyl groups is 4. The highest BCUT2D eigenvalue weighted by Crippen LogP contribution is 1.99. The highest BCUT2D eigenvalue weighted by atomic mass is 16.6. The summed E-state index contributed by atoms with van der Waals surface area (Å²) in [5, 5.41) is 62.6. The van der Waals surface area contributed by atoms with E-state index in [0.717, 1.165) is 31.2 Å². The Morgan fingerprint density at radius 1 is 0.667 bits per heavy atom. The first kappa shape index (κ1) is 34.9. The van der Waals surface area contributed by atoms with Crippen LogP contribution in [0.5, 0.6) is 0 Å². The summed E-state index contributed by atoms with van der Waals surface area (Å²) >= 11 is 0. The molecule has 12 heteroatoms. The maximum Gasteiger partial charge on any atom is 0.327 e. The molecule has 27 heavy (non-hydrogen) atoms. The van der Waals surface area contributed by atoms with Crippen molar-refractivity contribution in [3.8, 4) is 0 Å². The Morgan fingerprint density at radius 3 is 0.741 bits per heavy atom. The molecule has 0 radical (unpaired) electrons. The van der Waals surface area contributed by atoms with Crippen LogP contribution in [0.15, 0.2) is 50.6 Å². The molecule has 0 unspecified atom stereocenters. The van der Waals surface area contributed by atoms with Gasteiger partial charge in [-0.1, -0.05) is 26.3 Å². The zero-order valence-electron chi connectivity index (χ0n) is 14.4. The lowest BCUT2D eigenvalue weighted by atomic mass is 10.3. The lowest BCUT2D eigenvalue weighted by Crippen LogP contribution is -2.38. The molecule has 0 aliphatic carbocycles. The van der Waals surface area contributed by atoms with Gasteiger partial charge in [0.15, 0.2) is 0 Å². The first-order valence-corrected chi connectivity index (χ1v) is 6.25. The quantitative estimate of drug-likeness (QED) is 0.207. The smallest absolute Gasteiger partial charge is 0.327 e. The second kappa shape index (κ2) is 22.7. The summed E-state index contributed by atoms with van der Waals surface area (Å²) in [6.07, 6.45) is 1.24. The van der Waals surface area contributed by atoms with E-state index < -0.39 is 36.0 Å². The van der Waals surface area contributed by atoms with E-state index in [2.05, 4.69) is 26.3 Å². The molecule has 0 saturated heterocycles. The van der Waals surface area contributed by atoms with Crippen LogP contribution in [0.25, 0.3) is 0 Å². The van der Waals surface area contributed by atoms with Crippen molar-refractivity contribution in [2.75, 3.05) is 0 Å². The monoisotopic (exact) mass is 396 g/mol. The van der Waals surface area contributed by atoms with Gasteiger partial charge in [0.05, 0.1) is 0 Å². The molecular weight excluding hydrogens is 372 g/mol. The van der Waals surface area contributed by atoms with Gasteiger partial charge in [-0.05, 0) is 6.92 Å². The fourth-order valence-corrected chi connectivity index (χ4v) is 0. The van der Waals surface area contributed by atoms with Gasteiger partial charge in [0.1, 0.15) is 0 Å². The zero-order valence-corrected chi connectivity index (χ0v) is 14.4. The van der Waals surface area contributed by atoms with E-state index in [4.69, 9.17) is 40.9 Å². The maximum absolute atomic E-state index is 9.25. The van der Waals surface area contributed by atoms with Crippen molar-refractivity contribution in [1.82, 2.24) is 0 Å². The molecule has 0 aromatic rings. The van der Waals surface area contributed by atoms with E-state index in [0.29, 0.717) is 0 Å². The number of hydrogen-bond acceptors (Lipinski definition) is 8. The van der Waals surface area contributed by atoms with Crippen LogP contribution in [0.3, 0.4) is 0 Å². The minimum atomic E-state index is -2.39. The molecule has 0 aliphatic rings. The SMILES string of the molecule is C=CC(=O)O.C=CC(=O)O.C=CC(=O)O.C=CC(=O)O.CC(O)(O)C(O)O. The predicted molar refractivity (Wildman–Crippen MR) is 92.4 cm³/mol. The van der Waals surface area contributed by atoms with Crippen LogP contribution >= 0.6 is 0 Å². The van der Waals surface area contributed by atoms with Gasteiger partial charge >= 0.3 is 23.9 Å². The summed E-state index contributed by atoms with van der Waals surface area (Å²) in [4.78, 5) is 37.0. The van der Waals surface area contributed by atoms with E-state index in [1.165, 1.54) is 0 Å². The second-order valence-electron chi connectivity index (χ2n) is 3.64. The molecule has 12 nitrogen and oxygen atoms in total. The largest absolute Gasteiger partial charge is 0.478 e. The van der Waals surface area contributed by atoms with Crippen molar-refractivity contribution in [3.63, 3.8) is 0 Å². The van der Waals surface area contributed by atoms with Gasteiger partial charge < -0.3 is 40.9 Å². The Balaban J connectivity index is -0.0000000753. The summed E-state index contributed by atoms with van der Waals surface area (Å²) < 4.78 is 0. The van der Waals surface area contributed by atoms with Gasteiger partial charge in [0, 0.05) is 24.3 Å². The fraction of sp³-hybridized carbons (Fsp3) is 0.200. The predicted octanol–water partition coefficient (Wildman–Crippen LogP) is -0.974. The van der Waals surface area contributed by atoms with Crippen molar-refractivity contribution >= 4 is 23.9 Å². The zero-order chi connectivity index (χ0) is 23.2. The molecule has 0 amide bonds. The van der Waals surface area contributed by atoms with Gasteiger partial charge in [0.25, 0.3) is 0 Å². The molecule has 0 saturated carbocycles. The van der Waals surface area contributed by atoms with Crippen molar-refractivity contribution in [2.24, 2.45) is 0 Å². The average Bonchev–Trinajstić information content (AvgIpc) is 2.55. The number of aliphatic carboxylic acids is 4. The first-order chi connectivity index (χ1) is 12.0. The summed E-state index contributed by atoms with van der Waals surface area (Å²) in [6.45, 7) is 12.7. The van der Waals surface area contributed by atoms with E-state index in [-0.39, 0.29) is 0 Å². The van der Waals surface area contributed by atoms with Crippen LogP contribution in [-0.2, 0) is 19.2 Å². The maximum atomic E-state index is 9.25. The van der Waals surface area contributed by atoms with Gasteiger partial charge in [-0.3, -0.25) is 0 Å². The Bertz CT molecular complexity index is 414. The standard InChI is InChI=1S/C3H8O4.4C3H4O2/c1-3(6,7)2(4)5;4*1-2-3(4)5/h2,4-7H,1H3;4*2H,1H2,(H,4,5). The summed E-state index contributed by atoms with van der Waals surface area (Å²) in [7, 11) is 0. The summed E-state index contributed by atoms with van der Waals surface area (Å²) in [5.41, 5.74) is 0. The van der Waals surface area contributed by atoms with Gasteiger partial charge in [0.2, 0.25) is 12.1 Å². The third-order valence-corrected chi connectivity index (χ3v) is 1.19. The normalized spacial score (nSPS) is 8.07. The second-order valence-corrected chi connectivity index (χ2v) is 3.64. The topological polar surface area (TPSA) is 230 Å². The van der Waals surface area contributed by atoms with E-state index in [1.54, 1.807) is 0 Å². The third kappa shape index (κ3) is 85.0. The van der Waals surface area contributed by atoms with E-state index in [9.17, 15) is 19.2 Å². The lowest BCUT2D eigenvalue weighted by Gasteiger charge is -2.16. The van der Waals surface area contributed by atoms with E-state index >= 15 is 0 Å². The van der Waals surface area contributed by atoms with Crippen LogP contribution in [0.1, 0.15) is 6.92 Å². The number of carboxylic acids is 4. The highest BCUT2D eigenvalue weighted by molar-refractivity contribution is 5.79. The number of carbonyl (C=O) groups is 4. The first-order valence-electron chi connectivity index (χ1n) is 6.25. The number of aliphatic hydroxyl groups excluding tert-OH is 1. The van der Waals surface area contributed by atoms with Crippen LogP contribution < -0.4 is 0 Å². The Morgan fingerprint density at radius 2 is 0.741 bits per heavy atom. The van der Waals surface area contributed by atoms with Crippen LogP contribution in [0.2, 0.25) is 0 Å². The molecule has 0 aromatic carbocycles. The Labute approximate surface area is 154 Å². The number of hydrogen-bond donors (Lipinski definition) is 8. The van der Waals surface area contributed by atoms with Gasteiger partial charge in [-0.25, -0.2) is 19.2 Å². The highest BCUT2D eigenvalue weighted by Gasteiger charge is 2.23. The lowest BCUT2D eigenvalue weighted by molar-refractivity contribution is -0.278. The van der Waals surface area contributed by atoms with Gasteiger partial charge in [-0.2, -0.15) is 0 Å². The minimum Gasteiger partial charge on any atom is -0.478 e. The number of carboxylic acid groups (broad SMARTS) is 4. The molecule has 0 fully saturated rings. The molecule has 0 aliphatic heterocycles. The molecule has 0 spiro atoms. The molecule has 0 heterocycles. The van der Waals surface area contributed by atoms with Crippen molar-refractivity contribution < 1.29 is 60.0 Å². The molecular formula is C15H24O12. The van der Waals surface area contributed by atoms with Gasteiger partial charge in [-0.15, -0.1) is 0 Å². The van der Waals surface area contributed by atoms with Crippen LogP contribution in [-0.4, -0.2) is 76.8 Å². The molecule has 156 valence electrons. The molecule has 0 rings (SSSR count). The summed E-state index contributed by atoms with van der Waals surface area (Å²) in [5.74, 6) is -6.31. The summed E-state index contributed by atoms with van der Waals surface area (Å²) in [6, 6.07) is 0. The molecule has 0 atom stereocenters. The molecule has 0 bridgehead atoms. The van der Waals surface area contributed by atoms with Crippen molar-refractivity contribution in [2.45, 2.75) is 19.0 Å². The fourth-order valence-electron chi connectivity index (χ4n) is 0. The number of rotatable bonds is 5.